The molecule has 1 fully saturated rings. The number of sulfonamides is 1. The Morgan fingerprint density at radius 1 is 1.29 bits per heavy atom. The van der Waals surface area contributed by atoms with E-state index < -0.39 is 16.1 Å². The highest BCUT2D eigenvalue weighted by Gasteiger charge is 2.18. The summed E-state index contributed by atoms with van der Waals surface area (Å²) < 4.78 is 31.7. The fraction of sp³-hybridized carbons (Fsp3) is 0.538. The molecule has 0 saturated carbocycles. The van der Waals surface area contributed by atoms with E-state index in [-0.39, 0.29) is 11.4 Å². The summed E-state index contributed by atoms with van der Waals surface area (Å²) in [5, 5.41) is 10.4. The maximum absolute atomic E-state index is 12.0. The lowest BCUT2D eigenvalue weighted by Crippen LogP contribution is -2.44. The van der Waals surface area contributed by atoms with E-state index in [4.69, 9.17) is 16.3 Å². The second-order valence-corrected chi connectivity index (χ2v) is 7.08. The molecule has 0 radical (unpaired) electrons. The third-order valence-corrected chi connectivity index (χ3v) is 4.90. The van der Waals surface area contributed by atoms with Gasteiger partial charge in [0.15, 0.2) is 0 Å². The number of ether oxygens (including phenoxy) is 1. The molecule has 0 aromatic heterocycles. The summed E-state index contributed by atoms with van der Waals surface area (Å²) in [5.41, 5.74) is 0. The van der Waals surface area contributed by atoms with Crippen LogP contribution in [0.25, 0.3) is 0 Å². The van der Waals surface area contributed by atoms with Gasteiger partial charge in [-0.3, -0.25) is 4.90 Å². The van der Waals surface area contributed by atoms with Crippen LogP contribution >= 0.6 is 11.6 Å². The highest BCUT2D eigenvalue weighted by molar-refractivity contribution is 7.89. The lowest BCUT2D eigenvalue weighted by molar-refractivity contribution is 0.0158. The summed E-state index contributed by atoms with van der Waals surface area (Å²) in [6.45, 7) is 3.18. The molecule has 0 amide bonds. The number of aliphatic hydroxyl groups excluding tert-OH is 1. The van der Waals surface area contributed by atoms with Gasteiger partial charge in [0.2, 0.25) is 10.0 Å². The number of aliphatic hydroxyl groups is 1. The summed E-state index contributed by atoms with van der Waals surface area (Å²) in [7, 11) is -3.62. The van der Waals surface area contributed by atoms with E-state index in [0.29, 0.717) is 24.8 Å². The third kappa shape index (κ3) is 5.21. The summed E-state index contributed by atoms with van der Waals surface area (Å²) in [6, 6.07) is 5.89. The molecule has 0 spiro atoms. The van der Waals surface area contributed by atoms with Crippen molar-refractivity contribution in [2.45, 2.75) is 11.0 Å². The van der Waals surface area contributed by atoms with E-state index in [1.807, 2.05) is 4.90 Å². The largest absolute Gasteiger partial charge is 0.390 e. The van der Waals surface area contributed by atoms with Crippen LogP contribution in [0, 0.1) is 0 Å². The van der Waals surface area contributed by atoms with Crippen LogP contribution in [0.1, 0.15) is 0 Å². The fourth-order valence-electron chi connectivity index (χ4n) is 2.05. The van der Waals surface area contributed by atoms with Gasteiger partial charge in [0.1, 0.15) is 0 Å². The summed E-state index contributed by atoms with van der Waals surface area (Å²) in [6.07, 6.45) is -0.759. The first-order chi connectivity index (χ1) is 9.97. The van der Waals surface area contributed by atoms with Gasteiger partial charge in [-0.2, -0.15) is 0 Å². The Kier molecular flexibility index (Phi) is 5.98. The van der Waals surface area contributed by atoms with E-state index in [2.05, 4.69) is 4.72 Å². The van der Waals surface area contributed by atoms with Gasteiger partial charge >= 0.3 is 0 Å². The molecule has 1 aromatic carbocycles. The van der Waals surface area contributed by atoms with E-state index in [1.165, 1.54) is 24.3 Å². The Morgan fingerprint density at radius 2 is 1.90 bits per heavy atom. The normalized spacial score (nSPS) is 18.6. The third-order valence-electron chi connectivity index (χ3n) is 3.21. The molecule has 1 heterocycles. The number of benzene rings is 1. The molecule has 6 nitrogen and oxygen atoms in total. The second-order valence-electron chi connectivity index (χ2n) is 4.87. The number of morpholine rings is 1. The monoisotopic (exact) mass is 334 g/mol. The van der Waals surface area contributed by atoms with Gasteiger partial charge in [-0.15, -0.1) is 0 Å². The van der Waals surface area contributed by atoms with Crippen molar-refractivity contribution in [3.05, 3.63) is 29.3 Å². The van der Waals surface area contributed by atoms with Crippen molar-refractivity contribution < 1.29 is 18.3 Å². The van der Waals surface area contributed by atoms with Gasteiger partial charge < -0.3 is 9.84 Å². The van der Waals surface area contributed by atoms with Crippen molar-refractivity contribution in [1.29, 1.82) is 0 Å². The first-order valence-electron chi connectivity index (χ1n) is 6.71. The van der Waals surface area contributed by atoms with Crippen LogP contribution in [0.2, 0.25) is 5.02 Å². The molecule has 1 aromatic rings. The fourth-order valence-corrected chi connectivity index (χ4v) is 3.25. The zero-order valence-corrected chi connectivity index (χ0v) is 13.1. The molecule has 1 aliphatic heterocycles. The van der Waals surface area contributed by atoms with E-state index in [0.717, 1.165) is 13.1 Å². The Bertz CT molecular complexity index is 544. The zero-order valence-electron chi connectivity index (χ0n) is 11.5. The highest BCUT2D eigenvalue weighted by Crippen LogP contribution is 2.13. The molecule has 2 N–H and O–H groups in total. The Labute approximate surface area is 129 Å². The molecule has 1 unspecified atom stereocenters. The minimum atomic E-state index is -3.62. The highest BCUT2D eigenvalue weighted by atomic mass is 35.5. The predicted molar refractivity (Wildman–Crippen MR) is 79.9 cm³/mol. The molecule has 21 heavy (non-hydrogen) atoms. The maximum atomic E-state index is 12.0. The lowest BCUT2D eigenvalue weighted by Gasteiger charge is -2.28. The van der Waals surface area contributed by atoms with E-state index >= 15 is 0 Å². The molecular weight excluding hydrogens is 316 g/mol. The number of nitrogens with zero attached hydrogens (tertiary/aromatic N) is 1. The van der Waals surface area contributed by atoms with Crippen LogP contribution in [-0.4, -0.2) is 63.9 Å². The Balaban J connectivity index is 1.84. The molecule has 1 saturated heterocycles. The molecule has 118 valence electrons. The zero-order chi connectivity index (χ0) is 15.3. The topological polar surface area (TPSA) is 78.9 Å². The van der Waals surface area contributed by atoms with Crippen LogP contribution < -0.4 is 4.72 Å². The Hall–Kier alpha value is -0.700. The number of hydrogen-bond donors (Lipinski definition) is 2. The number of halogens is 1. The summed E-state index contributed by atoms with van der Waals surface area (Å²) >= 11 is 5.73. The number of β-amino-alcohol motifs (C(OH)–C–C–N with tert-alkyl or cyclic N) is 1. The van der Waals surface area contributed by atoms with Crippen molar-refractivity contribution in [3.63, 3.8) is 0 Å². The van der Waals surface area contributed by atoms with Gasteiger partial charge in [-0.05, 0) is 24.3 Å². The SMILES string of the molecule is O=S(=O)(NCC(O)CN1CCOCC1)c1ccc(Cl)cc1. The van der Waals surface area contributed by atoms with E-state index in [9.17, 15) is 13.5 Å². The molecule has 0 aliphatic carbocycles. The van der Waals surface area contributed by atoms with Crippen molar-refractivity contribution in [2.24, 2.45) is 0 Å². The summed E-state index contributed by atoms with van der Waals surface area (Å²) in [5.74, 6) is 0. The minimum Gasteiger partial charge on any atom is -0.390 e. The van der Waals surface area contributed by atoms with Crippen molar-refractivity contribution in [2.75, 3.05) is 39.4 Å². The van der Waals surface area contributed by atoms with Crippen LogP contribution in [0.3, 0.4) is 0 Å². The lowest BCUT2D eigenvalue weighted by atomic mass is 10.3. The van der Waals surface area contributed by atoms with Crippen molar-refractivity contribution in [1.82, 2.24) is 9.62 Å². The van der Waals surface area contributed by atoms with E-state index in [1.54, 1.807) is 0 Å². The standard InChI is InChI=1S/C13H19ClN2O4S/c14-11-1-3-13(4-2-11)21(18,19)15-9-12(17)10-16-5-7-20-8-6-16/h1-4,12,15,17H,5-10H2. The predicted octanol–water partition coefficient (Wildman–Crippen LogP) is 0.311. The number of hydrogen-bond acceptors (Lipinski definition) is 5. The Morgan fingerprint density at radius 3 is 2.52 bits per heavy atom. The molecule has 1 aliphatic rings. The molecule has 2 rings (SSSR count). The molecule has 0 bridgehead atoms. The number of rotatable bonds is 6. The first-order valence-corrected chi connectivity index (χ1v) is 8.57. The van der Waals surface area contributed by atoms with Gasteiger partial charge in [0, 0.05) is 31.2 Å². The summed E-state index contributed by atoms with van der Waals surface area (Å²) in [4.78, 5) is 2.18. The van der Waals surface area contributed by atoms with Gasteiger partial charge in [0.25, 0.3) is 0 Å². The van der Waals surface area contributed by atoms with Crippen LogP contribution in [0.4, 0.5) is 0 Å². The van der Waals surface area contributed by atoms with Gasteiger partial charge in [0.05, 0.1) is 24.2 Å². The van der Waals surface area contributed by atoms with Gasteiger partial charge in [-0.25, -0.2) is 13.1 Å². The first kappa shape index (κ1) is 16.7. The van der Waals surface area contributed by atoms with Crippen molar-refractivity contribution >= 4 is 21.6 Å². The maximum Gasteiger partial charge on any atom is 0.240 e. The number of nitrogens with one attached hydrogen (secondary N) is 1. The van der Waals surface area contributed by atoms with Crippen LogP contribution in [0.5, 0.6) is 0 Å². The average Bonchev–Trinajstić information content (AvgIpc) is 2.47. The van der Waals surface area contributed by atoms with Gasteiger partial charge in [-0.1, -0.05) is 11.6 Å². The quantitative estimate of drug-likeness (QED) is 0.783. The van der Waals surface area contributed by atoms with Crippen LogP contribution in [-0.2, 0) is 14.8 Å². The molecule has 1 atom stereocenters. The minimum absolute atomic E-state index is 0.0255. The van der Waals surface area contributed by atoms with Crippen LogP contribution in [0.15, 0.2) is 29.2 Å². The second kappa shape index (κ2) is 7.53. The molecule has 8 heteroatoms. The average molecular weight is 335 g/mol. The van der Waals surface area contributed by atoms with Crippen molar-refractivity contribution in [3.8, 4) is 0 Å². The molecular formula is C13H19ClN2O4S. The smallest absolute Gasteiger partial charge is 0.240 e.